The van der Waals surface area contributed by atoms with Crippen molar-refractivity contribution < 1.29 is 22.7 Å². The van der Waals surface area contributed by atoms with Crippen molar-refractivity contribution in [1.82, 2.24) is 14.5 Å². The van der Waals surface area contributed by atoms with Crippen LogP contribution in [-0.4, -0.2) is 32.6 Å². The first-order chi connectivity index (χ1) is 14.9. The summed E-state index contributed by atoms with van der Waals surface area (Å²) in [4.78, 5) is 7.01. The number of alkyl halides is 4. The minimum absolute atomic E-state index is 0.209. The second-order valence-corrected chi connectivity index (χ2v) is 8.35. The standard InChI is InChI=1S/C23H23F4N3O/c24-12-16-7-8-19-22(28-16)21-17-2-1-10-29(17)11-9-18(21)30(19)13-20(31)14-3-5-15(6-4-14)23(25,26)27/h3-8,17,20,31H,1-2,9-13H2. The van der Waals surface area contributed by atoms with Gasteiger partial charge in [-0.1, -0.05) is 12.1 Å². The Hall–Kier alpha value is -2.45. The van der Waals surface area contributed by atoms with E-state index in [4.69, 9.17) is 0 Å². The highest BCUT2D eigenvalue weighted by Crippen LogP contribution is 2.43. The van der Waals surface area contributed by atoms with E-state index in [-0.39, 0.29) is 12.6 Å². The molecule has 2 aliphatic heterocycles. The molecule has 1 N–H and O–H groups in total. The maximum Gasteiger partial charge on any atom is 0.416 e. The fourth-order valence-corrected chi connectivity index (χ4v) is 5.08. The molecule has 2 atom stereocenters. The van der Waals surface area contributed by atoms with E-state index in [1.807, 2.05) is 10.6 Å². The van der Waals surface area contributed by atoms with Crippen molar-refractivity contribution in [1.29, 1.82) is 0 Å². The van der Waals surface area contributed by atoms with Gasteiger partial charge in [-0.25, -0.2) is 9.37 Å². The van der Waals surface area contributed by atoms with Crippen molar-refractivity contribution in [2.45, 2.75) is 50.8 Å². The van der Waals surface area contributed by atoms with Gasteiger partial charge in [0.15, 0.2) is 0 Å². The van der Waals surface area contributed by atoms with Crippen LogP contribution in [0.4, 0.5) is 17.6 Å². The summed E-state index contributed by atoms with van der Waals surface area (Å²) in [7, 11) is 0. The Morgan fingerprint density at radius 1 is 1.10 bits per heavy atom. The molecule has 164 valence electrons. The molecule has 0 bridgehead atoms. The first-order valence-electron chi connectivity index (χ1n) is 10.5. The maximum absolute atomic E-state index is 13.3. The fourth-order valence-electron chi connectivity index (χ4n) is 5.08. The molecule has 2 aromatic heterocycles. The first kappa shape index (κ1) is 20.5. The molecular weight excluding hydrogens is 410 g/mol. The van der Waals surface area contributed by atoms with Crippen LogP contribution >= 0.6 is 0 Å². The molecule has 0 amide bonds. The minimum Gasteiger partial charge on any atom is -0.387 e. The van der Waals surface area contributed by atoms with Gasteiger partial charge in [-0.15, -0.1) is 0 Å². The number of nitrogens with zero attached hydrogens (tertiary/aromatic N) is 3. The Morgan fingerprint density at radius 3 is 2.58 bits per heavy atom. The molecule has 2 unspecified atom stereocenters. The van der Waals surface area contributed by atoms with Crippen LogP contribution in [0.1, 0.15) is 53.1 Å². The summed E-state index contributed by atoms with van der Waals surface area (Å²) >= 11 is 0. The summed E-state index contributed by atoms with van der Waals surface area (Å²) in [6, 6.07) is 8.38. The van der Waals surface area contributed by atoms with Gasteiger partial charge in [0.1, 0.15) is 6.67 Å². The Labute approximate surface area is 177 Å². The number of fused-ring (bicyclic) bond motifs is 5. The Balaban J connectivity index is 1.54. The Morgan fingerprint density at radius 2 is 1.87 bits per heavy atom. The largest absolute Gasteiger partial charge is 0.416 e. The number of aliphatic hydroxyl groups excluding tert-OH is 1. The lowest BCUT2D eigenvalue weighted by Gasteiger charge is -2.31. The van der Waals surface area contributed by atoms with E-state index in [0.29, 0.717) is 11.3 Å². The zero-order chi connectivity index (χ0) is 21.8. The molecule has 2 aliphatic rings. The lowest BCUT2D eigenvalue weighted by molar-refractivity contribution is -0.137. The molecule has 3 aromatic rings. The van der Waals surface area contributed by atoms with E-state index in [1.54, 1.807) is 6.07 Å². The van der Waals surface area contributed by atoms with Crippen LogP contribution in [0.2, 0.25) is 0 Å². The predicted octanol–water partition coefficient (Wildman–Crippen LogP) is 4.95. The zero-order valence-corrected chi connectivity index (χ0v) is 16.9. The van der Waals surface area contributed by atoms with E-state index < -0.39 is 24.5 Å². The number of aliphatic hydroxyl groups is 1. The minimum atomic E-state index is -4.41. The molecule has 0 aliphatic carbocycles. The smallest absolute Gasteiger partial charge is 0.387 e. The molecule has 0 radical (unpaired) electrons. The molecule has 4 nitrogen and oxygen atoms in total. The van der Waals surface area contributed by atoms with Crippen molar-refractivity contribution in [3.8, 4) is 0 Å². The molecular formula is C23H23F4N3O. The van der Waals surface area contributed by atoms with E-state index in [1.165, 1.54) is 12.1 Å². The van der Waals surface area contributed by atoms with Gasteiger partial charge in [-0.05, 0) is 49.2 Å². The van der Waals surface area contributed by atoms with Crippen LogP contribution in [0, 0.1) is 0 Å². The molecule has 0 saturated carbocycles. The predicted molar refractivity (Wildman–Crippen MR) is 108 cm³/mol. The third kappa shape index (κ3) is 3.51. The summed E-state index contributed by atoms with van der Waals surface area (Å²) in [6.07, 6.45) is -2.45. The molecule has 4 heterocycles. The van der Waals surface area contributed by atoms with Crippen molar-refractivity contribution in [2.24, 2.45) is 0 Å². The third-order valence-corrected chi connectivity index (χ3v) is 6.56. The van der Waals surface area contributed by atoms with Crippen LogP contribution in [0.3, 0.4) is 0 Å². The third-order valence-electron chi connectivity index (χ3n) is 6.56. The SMILES string of the molecule is OC(Cn1c2c(c3nc(CF)ccc31)C1CCCN1CC2)c1ccc(C(F)(F)F)cc1. The van der Waals surface area contributed by atoms with Gasteiger partial charge in [-0.3, -0.25) is 4.90 Å². The fraction of sp³-hybridized carbons (Fsp3) is 0.435. The van der Waals surface area contributed by atoms with Gasteiger partial charge in [0.2, 0.25) is 0 Å². The van der Waals surface area contributed by atoms with Crippen molar-refractivity contribution in [3.05, 3.63) is 64.5 Å². The van der Waals surface area contributed by atoms with Gasteiger partial charge in [0, 0.05) is 30.3 Å². The number of hydrogen-bond donors (Lipinski definition) is 1. The number of aromatic nitrogens is 2. The quantitative estimate of drug-likeness (QED) is 0.592. The van der Waals surface area contributed by atoms with Crippen LogP contribution in [0.5, 0.6) is 0 Å². The molecule has 31 heavy (non-hydrogen) atoms. The van der Waals surface area contributed by atoms with E-state index in [9.17, 15) is 22.7 Å². The highest BCUT2D eigenvalue weighted by atomic mass is 19.4. The molecule has 8 heteroatoms. The number of rotatable bonds is 4. The second-order valence-electron chi connectivity index (χ2n) is 8.35. The number of benzene rings is 1. The van der Waals surface area contributed by atoms with Gasteiger partial charge in [0.05, 0.1) is 34.9 Å². The zero-order valence-electron chi connectivity index (χ0n) is 16.9. The lowest BCUT2D eigenvalue weighted by atomic mass is 9.98. The molecule has 5 rings (SSSR count). The van der Waals surface area contributed by atoms with Crippen LogP contribution in [-0.2, 0) is 25.8 Å². The van der Waals surface area contributed by atoms with Crippen molar-refractivity contribution >= 4 is 11.0 Å². The van der Waals surface area contributed by atoms with Crippen molar-refractivity contribution in [3.63, 3.8) is 0 Å². The Bertz CT molecular complexity index is 1110. The van der Waals surface area contributed by atoms with Gasteiger partial charge in [0.25, 0.3) is 0 Å². The lowest BCUT2D eigenvalue weighted by Crippen LogP contribution is -2.31. The molecule has 0 spiro atoms. The Kier molecular flexibility index (Phi) is 5.01. The van der Waals surface area contributed by atoms with Crippen molar-refractivity contribution in [2.75, 3.05) is 13.1 Å². The maximum atomic E-state index is 13.3. The summed E-state index contributed by atoms with van der Waals surface area (Å²) in [5.41, 5.74) is 3.89. The molecule has 1 saturated heterocycles. The average Bonchev–Trinajstić information content (AvgIpc) is 3.35. The highest BCUT2D eigenvalue weighted by Gasteiger charge is 2.36. The summed E-state index contributed by atoms with van der Waals surface area (Å²) in [5.74, 6) is 0. The van der Waals surface area contributed by atoms with Crippen LogP contribution in [0.15, 0.2) is 36.4 Å². The summed E-state index contributed by atoms with van der Waals surface area (Å²) in [5, 5.41) is 10.8. The van der Waals surface area contributed by atoms with Crippen LogP contribution in [0.25, 0.3) is 11.0 Å². The monoisotopic (exact) mass is 433 g/mol. The normalized spacial score (nSPS) is 20.1. The average molecular weight is 433 g/mol. The second kappa shape index (κ2) is 7.60. The highest BCUT2D eigenvalue weighted by molar-refractivity contribution is 5.83. The van der Waals surface area contributed by atoms with E-state index in [2.05, 4.69) is 9.88 Å². The van der Waals surface area contributed by atoms with Gasteiger partial charge in [-0.2, -0.15) is 13.2 Å². The van der Waals surface area contributed by atoms with Gasteiger partial charge < -0.3 is 9.67 Å². The first-order valence-corrected chi connectivity index (χ1v) is 10.5. The molecule has 1 fully saturated rings. The van der Waals surface area contributed by atoms with Crippen LogP contribution < -0.4 is 0 Å². The number of halogens is 4. The number of pyridine rings is 1. The van der Waals surface area contributed by atoms with E-state index >= 15 is 0 Å². The number of hydrogen-bond acceptors (Lipinski definition) is 3. The molecule has 1 aromatic carbocycles. The summed E-state index contributed by atoms with van der Waals surface area (Å²) in [6.45, 7) is 1.52. The van der Waals surface area contributed by atoms with E-state index in [0.717, 1.165) is 66.8 Å². The van der Waals surface area contributed by atoms with Gasteiger partial charge >= 0.3 is 6.18 Å². The summed E-state index contributed by atoms with van der Waals surface area (Å²) < 4.78 is 53.9. The topological polar surface area (TPSA) is 41.3 Å².